The molecule has 0 aromatic heterocycles. The van der Waals surface area contributed by atoms with Gasteiger partial charge < -0.3 is 5.32 Å². The van der Waals surface area contributed by atoms with Crippen LogP contribution in [-0.4, -0.2) is 18.0 Å². The molecular weight excluding hydrogens is 200 g/mol. The number of rotatable bonds is 1. The molecule has 1 unspecified atom stereocenters. The standard InChI is InChI=1S/C13H18N2O/c1-9-4-6-10(7-5-9)11-8-14-12(16)13(2,3)15-11/h4-7,11,15H,8H2,1-3H3,(H,14,16). The molecule has 1 saturated heterocycles. The summed E-state index contributed by atoms with van der Waals surface area (Å²) in [6, 6.07) is 8.62. The molecule has 1 aromatic rings. The molecule has 0 aliphatic carbocycles. The highest BCUT2D eigenvalue weighted by Crippen LogP contribution is 2.20. The summed E-state index contributed by atoms with van der Waals surface area (Å²) in [7, 11) is 0. The third kappa shape index (κ3) is 2.09. The maximum atomic E-state index is 11.6. The number of carbonyl (C=O) groups is 1. The van der Waals surface area contributed by atoms with Crippen molar-refractivity contribution in [3.8, 4) is 0 Å². The summed E-state index contributed by atoms with van der Waals surface area (Å²) in [5.74, 6) is 0.0656. The van der Waals surface area contributed by atoms with Crippen LogP contribution in [0.2, 0.25) is 0 Å². The topological polar surface area (TPSA) is 41.1 Å². The number of nitrogens with one attached hydrogen (secondary N) is 2. The number of carbonyl (C=O) groups excluding carboxylic acids is 1. The number of amides is 1. The highest BCUT2D eigenvalue weighted by molar-refractivity contribution is 5.86. The smallest absolute Gasteiger partial charge is 0.239 e. The molecule has 1 heterocycles. The summed E-state index contributed by atoms with van der Waals surface area (Å²) in [5, 5.41) is 6.30. The lowest BCUT2D eigenvalue weighted by atomic mass is 9.95. The molecule has 2 rings (SSSR count). The van der Waals surface area contributed by atoms with Crippen molar-refractivity contribution in [1.29, 1.82) is 0 Å². The fourth-order valence-electron chi connectivity index (χ4n) is 1.97. The van der Waals surface area contributed by atoms with E-state index >= 15 is 0 Å². The van der Waals surface area contributed by atoms with Crippen LogP contribution in [0.4, 0.5) is 0 Å². The molecule has 1 amide bonds. The molecule has 1 aromatic carbocycles. The van der Waals surface area contributed by atoms with E-state index in [-0.39, 0.29) is 11.9 Å². The predicted octanol–water partition coefficient (Wildman–Crippen LogP) is 1.53. The van der Waals surface area contributed by atoms with Crippen LogP contribution >= 0.6 is 0 Å². The molecule has 86 valence electrons. The van der Waals surface area contributed by atoms with Gasteiger partial charge in [-0.15, -0.1) is 0 Å². The zero-order valence-corrected chi connectivity index (χ0v) is 10.0. The quantitative estimate of drug-likeness (QED) is 0.750. The number of hydrogen-bond acceptors (Lipinski definition) is 2. The van der Waals surface area contributed by atoms with Crippen molar-refractivity contribution in [3.05, 3.63) is 35.4 Å². The Labute approximate surface area is 96.2 Å². The number of piperazine rings is 1. The second kappa shape index (κ2) is 3.91. The molecule has 2 N–H and O–H groups in total. The molecule has 1 fully saturated rings. The van der Waals surface area contributed by atoms with Gasteiger partial charge in [0.15, 0.2) is 0 Å². The summed E-state index contributed by atoms with van der Waals surface area (Å²) in [4.78, 5) is 11.6. The first-order chi connectivity index (χ1) is 7.49. The molecule has 0 radical (unpaired) electrons. The molecule has 1 atom stereocenters. The van der Waals surface area contributed by atoms with Crippen molar-refractivity contribution in [2.45, 2.75) is 32.4 Å². The Kier molecular flexibility index (Phi) is 2.72. The minimum atomic E-state index is -0.492. The highest BCUT2D eigenvalue weighted by Gasteiger charge is 2.34. The maximum absolute atomic E-state index is 11.6. The van der Waals surface area contributed by atoms with E-state index < -0.39 is 5.54 Å². The van der Waals surface area contributed by atoms with Gasteiger partial charge in [-0.1, -0.05) is 29.8 Å². The molecule has 16 heavy (non-hydrogen) atoms. The minimum absolute atomic E-state index is 0.0656. The van der Waals surface area contributed by atoms with E-state index in [1.807, 2.05) is 13.8 Å². The molecule has 0 spiro atoms. The zero-order valence-electron chi connectivity index (χ0n) is 10.0. The third-order valence-electron chi connectivity index (χ3n) is 3.05. The van der Waals surface area contributed by atoms with Gasteiger partial charge in [0, 0.05) is 6.54 Å². The molecule has 1 aliphatic heterocycles. The van der Waals surface area contributed by atoms with Gasteiger partial charge in [-0.2, -0.15) is 0 Å². The van der Waals surface area contributed by atoms with E-state index in [9.17, 15) is 4.79 Å². The monoisotopic (exact) mass is 218 g/mol. The van der Waals surface area contributed by atoms with E-state index in [1.165, 1.54) is 11.1 Å². The summed E-state index contributed by atoms with van der Waals surface area (Å²) < 4.78 is 0. The second-order valence-electron chi connectivity index (χ2n) is 4.94. The normalized spacial score (nSPS) is 23.9. The fourth-order valence-corrected chi connectivity index (χ4v) is 1.97. The summed E-state index contributed by atoms with van der Waals surface area (Å²) >= 11 is 0. The molecule has 0 bridgehead atoms. The molecule has 3 nitrogen and oxygen atoms in total. The van der Waals surface area contributed by atoms with Gasteiger partial charge in [-0.3, -0.25) is 10.1 Å². The van der Waals surface area contributed by atoms with E-state index in [4.69, 9.17) is 0 Å². The lowest BCUT2D eigenvalue weighted by molar-refractivity contribution is -0.128. The lowest BCUT2D eigenvalue weighted by Gasteiger charge is -2.36. The first-order valence-corrected chi connectivity index (χ1v) is 5.61. The van der Waals surface area contributed by atoms with Crippen LogP contribution in [-0.2, 0) is 4.79 Å². The molecular formula is C13H18N2O. The SMILES string of the molecule is Cc1ccc(C2CNC(=O)C(C)(C)N2)cc1. The molecule has 0 saturated carbocycles. The number of hydrogen-bond donors (Lipinski definition) is 2. The van der Waals surface area contributed by atoms with Crippen LogP contribution in [0.5, 0.6) is 0 Å². The Hall–Kier alpha value is -1.35. The van der Waals surface area contributed by atoms with E-state index in [0.29, 0.717) is 6.54 Å². The zero-order chi connectivity index (χ0) is 11.8. The van der Waals surface area contributed by atoms with Gasteiger partial charge in [0.05, 0.1) is 11.6 Å². The van der Waals surface area contributed by atoms with E-state index in [2.05, 4.69) is 41.8 Å². The van der Waals surface area contributed by atoms with Crippen LogP contribution in [0.15, 0.2) is 24.3 Å². The Morgan fingerprint density at radius 2 is 1.88 bits per heavy atom. The summed E-state index contributed by atoms with van der Waals surface area (Å²) in [6.45, 7) is 6.54. The third-order valence-corrected chi connectivity index (χ3v) is 3.05. The second-order valence-corrected chi connectivity index (χ2v) is 4.94. The average molecular weight is 218 g/mol. The summed E-state index contributed by atoms with van der Waals surface area (Å²) in [5.41, 5.74) is 1.98. The average Bonchev–Trinajstić information content (AvgIpc) is 2.23. The Morgan fingerprint density at radius 1 is 1.25 bits per heavy atom. The number of benzene rings is 1. The van der Waals surface area contributed by atoms with Crippen molar-refractivity contribution in [1.82, 2.24) is 10.6 Å². The Morgan fingerprint density at radius 3 is 2.44 bits per heavy atom. The Balaban J connectivity index is 2.18. The van der Waals surface area contributed by atoms with Crippen LogP contribution in [0.1, 0.15) is 31.0 Å². The largest absolute Gasteiger partial charge is 0.353 e. The van der Waals surface area contributed by atoms with Gasteiger partial charge in [0.2, 0.25) is 5.91 Å². The van der Waals surface area contributed by atoms with Crippen molar-refractivity contribution >= 4 is 5.91 Å². The molecule has 1 aliphatic rings. The maximum Gasteiger partial charge on any atom is 0.239 e. The number of aryl methyl sites for hydroxylation is 1. The van der Waals surface area contributed by atoms with E-state index in [0.717, 1.165) is 0 Å². The van der Waals surface area contributed by atoms with Crippen molar-refractivity contribution < 1.29 is 4.79 Å². The van der Waals surface area contributed by atoms with Crippen LogP contribution in [0.25, 0.3) is 0 Å². The predicted molar refractivity (Wildman–Crippen MR) is 64.1 cm³/mol. The summed E-state index contributed by atoms with van der Waals surface area (Å²) in [6.07, 6.45) is 0. The van der Waals surface area contributed by atoms with Gasteiger partial charge >= 0.3 is 0 Å². The minimum Gasteiger partial charge on any atom is -0.353 e. The van der Waals surface area contributed by atoms with Crippen LogP contribution < -0.4 is 10.6 Å². The first kappa shape index (κ1) is 11.1. The highest BCUT2D eigenvalue weighted by atomic mass is 16.2. The first-order valence-electron chi connectivity index (χ1n) is 5.61. The molecule has 3 heteroatoms. The fraction of sp³-hybridized carbons (Fsp3) is 0.462. The van der Waals surface area contributed by atoms with Gasteiger partial charge in [0.1, 0.15) is 0 Å². The Bertz CT molecular complexity index is 395. The van der Waals surface area contributed by atoms with Crippen molar-refractivity contribution in [2.75, 3.05) is 6.54 Å². The lowest BCUT2D eigenvalue weighted by Crippen LogP contribution is -2.60. The van der Waals surface area contributed by atoms with Crippen molar-refractivity contribution in [3.63, 3.8) is 0 Å². The van der Waals surface area contributed by atoms with Gasteiger partial charge in [0.25, 0.3) is 0 Å². The van der Waals surface area contributed by atoms with Gasteiger partial charge in [-0.25, -0.2) is 0 Å². The van der Waals surface area contributed by atoms with Crippen molar-refractivity contribution in [2.24, 2.45) is 0 Å². The van der Waals surface area contributed by atoms with Gasteiger partial charge in [-0.05, 0) is 26.3 Å². The van der Waals surface area contributed by atoms with Crippen LogP contribution in [0.3, 0.4) is 0 Å². The van der Waals surface area contributed by atoms with Crippen LogP contribution in [0, 0.1) is 6.92 Å². The van der Waals surface area contributed by atoms with E-state index in [1.54, 1.807) is 0 Å².